The summed E-state index contributed by atoms with van der Waals surface area (Å²) < 4.78 is 29.3. The van der Waals surface area contributed by atoms with Gasteiger partial charge in [0.25, 0.3) is 5.91 Å². The van der Waals surface area contributed by atoms with Gasteiger partial charge in [-0.15, -0.1) is 0 Å². The smallest absolute Gasteiger partial charge is 0.262 e. The Labute approximate surface area is 153 Å². The second-order valence-corrected chi connectivity index (χ2v) is 8.42. The number of phenols is 1. The van der Waals surface area contributed by atoms with Gasteiger partial charge in [0, 0.05) is 0 Å². The minimum Gasteiger partial charge on any atom is -0.506 e. The summed E-state index contributed by atoms with van der Waals surface area (Å²) in [4.78, 5) is 12.1. The first-order valence-corrected chi connectivity index (χ1v) is 9.96. The zero-order valence-corrected chi connectivity index (χ0v) is 15.8. The molecule has 2 N–H and O–H groups in total. The van der Waals surface area contributed by atoms with Crippen molar-refractivity contribution in [3.63, 3.8) is 0 Å². The summed E-state index contributed by atoms with van der Waals surface area (Å²) in [5, 5.41) is 12.3. The highest BCUT2D eigenvalue weighted by molar-refractivity contribution is 7.91. The molecule has 7 heteroatoms. The van der Waals surface area contributed by atoms with E-state index >= 15 is 0 Å². The van der Waals surface area contributed by atoms with Crippen LogP contribution in [0.3, 0.4) is 0 Å². The molecule has 0 spiro atoms. The standard InChI is InChI=1S/C19H23NO5S/c1-4-26(23,24)16-8-9-18(21)17(11-16)20-19(22)12-25-15-7-5-6-14(10-15)13(2)3/h5-11,13,21H,4,12H2,1-3H3,(H,20,22). The topological polar surface area (TPSA) is 92.7 Å². The van der Waals surface area contributed by atoms with Crippen LogP contribution in [0.4, 0.5) is 5.69 Å². The van der Waals surface area contributed by atoms with E-state index in [0.717, 1.165) is 5.56 Å². The number of sulfone groups is 1. The normalized spacial score (nSPS) is 11.4. The van der Waals surface area contributed by atoms with Crippen molar-refractivity contribution < 1.29 is 23.1 Å². The molecule has 2 aromatic carbocycles. The van der Waals surface area contributed by atoms with Crippen molar-refractivity contribution >= 4 is 21.4 Å². The van der Waals surface area contributed by atoms with E-state index in [1.54, 1.807) is 6.07 Å². The van der Waals surface area contributed by atoms with Gasteiger partial charge < -0.3 is 15.2 Å². The molecule has 0 aromatic heterocycles. The van der Waals surface area contributed by atoms with Gasteiger partial charge in [0.05, 0.1) is 16.3 Å². The van der Waals surface area contributed by atoms with Gasteiger partial charge in [-0.1, -0.05) is 32.9 Å². The monoisotopic (exact) mass is 377 g/mol. The first-order valence-electron chi connectivity index (χ1n) is 8.31. The van der Waals surface area contributed by atoms with Gasteiger partial charge in [-0.25, -0.2) is 8.42 Å². The number of hydrogen-bond donors (Lipinski definition) is 2. The summed E-state index contributed by atoms with van der Waals surface area (Å²) in [6.07, 6.45) is 0. The van der Waals surface area contributed by atoms with Gasteiger partial charge in [0.15, 0.2) is 16.4 Å². The number of rotatable bonds is 7. The minimum atomic E-state index is -3.44. The van der Waals surface area contributed by atoms with E-state index < -0.39 is 15.7 Å². The van der Waals surface area contributed by atoms with E-state index in [2.05, 4.69) is 19.2 Å². The third-order valence-corrected chi connectivity index (χ3v) is 5.61. The zero-order valence-electron chi connectivity index (χ0n) is 15.0. The third kappa shape index (κ3) is 4.98. The van der Waals surface area contributed by atoms with Gasteiger partial charge in [-0.05, 0) is 41.8 Å². The predicted molar refractivity (Wildman–Crippen MR) is 100 cm³/mol. The fourth-order valence-corrected chi connectivity index (χ4v) is 3.18. The average molecular weight is 377 g/mol. The summed E-state index contributed by atoms with van der Waals surface area (Å²) in [6.45, 7) is 5.39. The highest BCUT2D eigenvalue weighted by atomic mass is 32.2. The second-order valence-electron chi connectivity index (χ2n) is 6.15. The number of amides is 1. The average Bonchev–Trinajstić information content (AvgIpc) is 2.62. The van der Waals surface area contributed by atoms with E-state index in [-0.39, 0.29) is 28.7 Å². The Morgan fingerprint density at radius 2 is 1.92 bits per heavy atom. The maximum Gasteiger partial charge on any atom is 0.262 e. The maximum absolute atomic E-state index is 12.1. The Kier molecular flexibility index (Phi) is 6.26. The third-order valence-electron chi connectivity index (χ3n) is 3.88. The Morgan fingerprint density at radius 3 is 2.58 bits per heavy atom. The van der Waals surface area contributed by atoms with Crippen LogP contribution in [0.25, 0.3) is 0 Å². The minimum absolute atomic E-state index is 0.0315. The SMILES string of the molecule is CCS(=O)(=O)c1ccc(O)c(NC(=O)COc2cccc(C(C)C)c2)c1. The Balaban J connectivity index is 2.06. The molecule has 0 aliphatic heterocycles. The molecule has 0 heterocycles. The molecule has 1 amide bonds. The molecule has 0 saturated carbocycles. The van der Waals surface area contributed by atoms with Crippen molar-refractivity contribution in [2.24, 2.45) is 0 Å². The molecule has 0 radical (unpaired) electrons. The summed E-state index contributed by atoms with van der Waals surface area (Å²) in [5.41, 5.74) is 1.13. The molecular formula is C19H23NO5S. The van der Waals surface area contributed by atoms with Crippen molar-refractivity contribution in [2.75, 3.05) is 17.7 Å². The van der Waals surface area contributed by atoms with Crippen LogP contribution in [0.15, 0.2) is 47.4 Å². The molecule has 0 bridgehead atoms. The summed E-state index contributed by atoms with van der Waals surface area (Å²) >= 11 is 0. The molecule has 2 aromatic rings. The van der Waals surface area contributed by atoms with Crippen molar-refractivity contribution in [1.29, 1.82) is 0 Å². The molecule has 2 rings (SSSR count). The molecular weight excluding hydrogens is 354 g/mol. The first-order chi connectivity index (χ1) is 12.2. The Hall–Kier alpha value is -2.54. The molecule has 0 aliphatic rings. The number of phenolic OH excluding ortho intramolecular Hbond substituents is 1. The highest BCUT2D eigenvalue weighted by Gasteiger charge is 2.15. The van der Waals surface area contributed by atoms with Crippen LogP contribution >= 0.6 is 0 Å². The lowest BCUT2D eigenvalue weighted by Gasteiger charge is -2.12. The molecule has 140 valence electrons. The van der Waals surface area contributed by atoms with Gasteiger partial charge >= 0.3 is 0 Å². The second kappa shape index (κ2) is 8.23. The van der Waals surface area contributed by atoms with E-state index in [4.69, 9.17) is 4.74 Å². The summed E-state index contributed by atoms with van der Waals surface area (Å²) in [6, 6.07) is 11.2. The number of carbonyl (C=O) groups excluding carboxylic acids is 1. The van der Waals surface area contributed by atoms with Gasteiger partial charge in [-0.3, -0.25) is 4.79 Å². The number of anilines is 1. The van der Waals surface area contributed by atoms with Crippen LogP contribution in [0.2, 0.25) is 0 Å². The van der Waals surface area contributed by atoms with Crippen molar-refractivity contribution in [3.8, 4) is 11.5 Å². The molecule has 26 heavy (non-hydrogen) atoms. The predicted octanol–water partition coefficient (Wildman–Crippen LogP) is 3.33. The molecule has 0 atom stereocenters. The number of carbonyl (C=O) groups is 1. The molecule has 0 saturated heterocycles. The van der Waals surface area contributed by atoms with Crippen LogP contribution in [0.1, 0.15) is 32.3 Å². The van der Waals surface area contributed by atoms with Gasteiger partial charge in [0.1, 0.15) is 11.5 Å². The van der Waals surface area contributed by atoms with Crippen LogP contribution in [-0.2, 0) is 14.6 Å². The first kappa shape index (κ1) is 19.8. The van der Waals surface area contributed by atoms with E-state index in [1.807, 2.05) is 18.2 Å². The number of nitrogens with one attached hydrogen (secondary N) is 1. The summed E-state index contributed by atoms with van der Waals surface area (Å²) in [5.74, 6) is 0.127. The highest BCUT2D eigenvalue weighted by Crippen LogP contribution is 2.27. The number of ether oxygens (including phenoxy) is 1. The molecule has 6 nitrogen and oxygen atoms in total. The number of hydrogen-bond acceptors (Lipinski definition) is 5. The van der Waals surface area contributed by atoms with E-state index in [9.17, 15) is 18.3 Å². The zero-order chi connectivity index (χ0) is 19.3. The molecule has 0 unspecified atom stereocenters. The van der Waals surface area contributed by atoms with Crippen LogP contribution in [-0.4, -0.2) is 31.8 Å². The maximum atomic E-state index is 12.1. The largest absolute Gasteiger partial charge is 0.506 e. The van der Waals surface area contributed by atoms with Crippen molar-refractivity contribution in [2.45, 2.75) is 31.6 Å². The molecule has 0 aliphatic carbocycles. The Bertz CT molecular complexity index is 891. The van der Waals surface area contributed by atoms with Crippen LogP contribution < -0.4 is 10.1 Å². The van der Waals surface area contributed by atoms with Crippen molar-refractivity contribution in [1.82, 2.24) is 0 Å². The van der Waals surface area contributed by atoms with Crippen molar-refractivity contribution in [3.05, 3.63) is 48.0 Å². The van der Waals surface area contributed by atoms with E-state index in [1.165, 1.54) is 25.1 Å². The fraction of sp³-hybridized carbons (Fsp3) is 0.316. The lowest BCUT2D eigenvalue weighted by Crippen LogP contribution is -2.20. The summed E-state index contributed by atoms with van der Waals surface area (Å²) in [7, 11) is -3.44. The lowest BCUT2D eigenvalue weighted by molar-refractivity contribution is -0.118. The number of benzene rings is 2. The fourth-order valence-electron chi connectivity index (χ4n) is 2.27. The van der Waals surface area contributed by atoms with Gasteiger partial charge in [-0.2, -0.15) is 0 Å². The van der Waals surface area contributed by atoms with E-state index in [0.29, 0.717) is 11.7 Å². The van der Waals surface area contributed by atoms with Crippen LogP contribution in [0, 0.1) is 0 Å². The quantitative estimate of drug-likeness (QED) is 0.722. The van der Waals surface area contributed by atoms with Crippen LogP contribution in [0.5, 0.6) is 11.5 Å². The van der Waals surface area contributed by atoms with Gasteiger partial charge in [0.2, 0.25) is 0 Å². The Morgan fingerprint density at radius 1 is 1.19 bits per heavy atom. The number of aromatic hydroxyl groups is 1. The lowest BCUT2D eigenvalue weighted by atomic mass is 10.0. The molecule has 0 fully saturated rings.